The van der Waals surface area contributed by atoms with E-state index in [2.05, 4.69) is 31.1 Å². The van der Waals surface area contributed by atoms with Crippen LogP contribution >= 0.6 is 0 Å². The molecule has 4 fully saturated rings. The van der Waals surface area contributed by atoms with Crippen molar-refractivity contribution in [1.82, 2.24) is 10.3 Å². The van der Waals surface area contributed by atoms with E-state index in [9.17, 15) is 0 Å². The summed E-state index contributed by atoms with van der Waals surface area (Å²) in [5, 5.41) is 3.40. The SMILES string of the molecule is CCNC(C)c1ncc(C23CC4CC(CC(C)(C4)C2)C3)o1. The van der Waals surface area contributed by atoms with Crippen molar-refractivity contribution in [1.29, 1.82) is 0 Å². The highest BCUT2D eigenvalue weighted by molar-refractivity contribution is 5.21. The zero-order valence-electron chi connectivity index (χ0n) is 13.6. The number of oxazole rings is 1. The Bertz CT molecular complexity index is 521. The third kappa shape index (κ3) is 2.16. The van der Waals surface area contributed by atoms with Crippen LogP contribution in [0.2, 0.25) is 0 Å². The number of aromatic nitrogens is 1. The van der Waals surface area contributed by atoms with E-state index < -0.39 is 0 Å². The van der Waals surface area contributed by atoms with Gasteiger partial charge in [-0.3, -0.25) is 0 Å². The Kier molecular flexibility index (Phi) is 3.01. The van der Waals surface area contributed by atoms with Crippen molar-refractivity contribution in [3.8, 4) is 0 Å². The number of hydrogen-bond donors (Lipinski definition) is 1. The third-order valence-electron chi connectivity index (χ3n) is 6.28. The Morgan fingerprint density at radius 1 is 1.33 bits per heavy atom. The molecule has 0 aromatic carbocycles. The Labute approximate surface area is 127 Å². The lowest BCUT2D eigenvalue weighted by Crippen LogP contribution is -2.52. The van der Waals surface area contributed by atoms with Gasteiger partial charge in [0.25, 0.3) is 0 Å². The normalized spacial score (nSPS) is 42.4. The molecule has 0 radical (unpaired) electrons. The van der Waals surface area contributed by atoms with Crippen LogP contribution in [-0.4, -0.2) is 11.5 Å². The van der Waals surface area contributed by atoms with Crippen LogP contribution in [0.4, 0.5) is 0 Å². The maximum atomic E-state index is 6.25. The average Bonchev–Trinajstić information content (AvgIpc) is 2.86. The molecular weight excluding hydrogens is 260 g/mol. The van der Waals surface area contributed by atoms with Crippen molar-refractivity contribution in [2.24, 2.45) is 17.3 Å². The highest BCUT2D eigenvalue weighted by Gasteiger charge is 2.57. The van der Waals surface area contributed by atoms with E-state index >= 15 is 0 Å². The van der Waals surface area contributed by atoms with Crippen LogP contribution in [0.15, 0.2) is 10.6 Å². The Balaban J connectivity index is 1.64. The monoisotopic (exact) mass is 288 g/mol. The summed E-state index contributed by atoms with van der Waals surface area (Å²) < 4.78 is 6.25. The van der Waals surface area contributed by atoms with Crippen molar-refractivity contribution < 1.29 is 4.42 Å². The summed E-state index contributed by atoms with van der Waals surface area (Å²) in [4.78, 5) is 4.59. The third-order valence-corrected chi connectivity index (χ3v) is 6.28. The minimum Gasteiger partial charge on any atom is -0.443 e. The first-order valence-electron chi connectivity index (χ1n) is 8.71. The van der Waals surface area contributed by atoms with Crippen LogP contribution in [0, 0.1) is 17.3 Å². The van der Waals surface area contributed by atoms with Gasteiger partial charge in [-0.1, -0.05) is 13.8 Å². The van der Waals surface area contributed by atoms with Gasteiger partial charge in [-0.2, -0.15) is 0 Å². The number of rotatable bonds is 4. The molecule has 4 aliphatic carbocycles. The maximum absolute atomic E-state index is 6.25. The Morgan fingerprint density at radius 2 is 2.05 bits per heavy atom. The molecule has 0 spiro atoms. The van der Waals surface area contributed by atoms with Crippen LogP contribution in [0.1, 0.15) is 77.0 Å². The zero-order chi connectivity index (χ0) is 14.7. The molecule has 1 aromatic rings. The van der Waals surface area contributed by atoms with Crippen LogP contribution in [0.25, 0.3) is 0 Å². The molecule has 3 nitrogen and oxygen atoms in total. The molecule has 0 saturated heterocycles. The van der Waals surface area contributed by atoms with Gasteiger partial charge in [0.05, 0.1) is 12.2 Å². The van der Waals surface area contributed by atoms with Crippen LogP contribution in [-0.2, 0) is 5.41 Å². The molecule has 4 aliphatic rings. The summed E-state index contributed by atoms with van der Waals surface area (Å²) in [6, 6.07) is 0.216. The highest BCUT2D eigenvalue weighted by Crippen LogP contribution is 2.65. The van der Waals surface area contributed by atoms with Gasteiger partial charge in [0.2, 0.25) is 5.89 Å². The fourth-order valence-electron chi connectivity index (χ4n) is 6.14. The van der Waals surface area contributed by atoms with Crippen molar-refractivity contribution in [3.05, 3.63) is 17.8 Å². The highest BCUT2D eigenvalue weighted by atomic mass is 16.4. The van der Waals surface area contributed by atoms with Crippen LogP contribution in [0.5, 0.6) is 0 Å². The summed E-state index contributed by atoms with van der Waals surface area (Å²) in [6.45, 7) is 7.73. The van der Waals surface area contributed by atoms with E-state index in [0.29, 0.717) is 10.8 Å². The molecule has 0 amide bonds. The number of hydrogen-bond acceptors (Lipinski definition) is 3. The minimum atomic E-state index is 0.216. The summed E-state index contributed by atoms with van der Waals surface area (Å²) in [5.74, 6) is 3.90. The van der Waals surface area contributed by atoms with Gasteiger partial charge in [-0.15, -0.1) is 0 Å². The standard InChI is InChI=1S/C18H28N2O/c1-4-19-12(2)16-20-10-15(21-16)18-8-13-5-14(9-18)7-17(3,6-13)11-18/h10,12-14,19H,4-9,11H2,1-3H3. The first-order valence-corrected chi connectivity index (χ1v) is 8.71. The number of nitrogens with zero attached hydrogens (tertiary/aromatic N) is 1. The fourth-order valence-corrected chi connectivity index (χ4v) is 6.14. The molecule has 1 heterocycles. The lowest BCUT2D eigenvalue weighted by Gasteiger charge is -2.60. The first kappa shape index (κ1) is 13.8. The van der Waals surface area contributed by atoms with Crippen LogP contribution in [0.3, 0.4) is 0 Å². The molecule has 3 heteroatoms. The predicted molar refractivity (Wildman–Crippen MR) is 83.1 cm³/mol. The van der Waals surface area contributed by atoms with Gasteiger partial charge in [-0.05, 0) is 69.2 Å². The molecule has 3 unspecified atom stereocenters. The molecule has 4 bridgehead atoms. The van der Waals surface area contributed by atoms with Gasteiger partial charge >= 0.3 is 0 Å². The van der Waals surface area contributed by atoms with Gasteiger partial charge in [0.1, 0.15) is 5.76 Å². The average molecular weight is 288 g/mol. The fraction of sp³-hybridized carbons (Fsp3) is 0.833. The van der Waals surface area contributed by atoms with E-state index in [4.69, 9.17) is 4.42 Å². The van der Waals surface area contributed by atoms with Crippen LogP contribution < -0.4 is 5.32 Å². The summed E-state index contributed by atoms with van der Waals surface area (Å²) in [6.07, 6.45) is 10.4. The molecule has 4 saturated carbocycles. The lowest BCUT2D eigenvalue weighted by atomic mass is 9.44. The second kappa shape index (κ2) is 4.58. The van der Waals surface area contributed by atoms with Crippen molar-refractivity contribution in [2.45, 2.75) is 70.8 Å². The minimum absolute atomic E-state index is 0.216. The van der Waals surface area contributed by atoms with Crippen molar-refractivity contribution >= 4 is 0 Å². The molecule has 1 aromatic heterocycles. The van der Waals surface area contributed by atoms with E-state index in [1.54, 1.807) is 0 Å². The quantitative estimate of drug-likeness (QED) is 0.902. The molecule has 21 heavy (non-hydrogen) atoms. The first-order chi connectivity index (χ1) is 10.0. The summed E-state index contributed by atoms with van der Waals surface area (Å²) in [5.41, 5.74) is 0.861. The van der Waals surface area contributed by atoms with Gasteiger partial charge in [0.15, 0.2) is 0 Å². The molecular formula is C18H28N2O. The van der Waals surface area contributed by atoms with E-state index in [0.717, 1.165) is 24.3 Å². The lowest BCUT2D eigenvalue weighted by molar-refractivity contribution is -0.0693. The van der Waals surface area contributed by atoms with Gasteiger partial charge in [0, 0.05) is 5.41 Å². The molecule has 1 N–H and O–H groups in total. The Morgan fingerprint density at radius 3 is 2.67 bits per heavy atom. The topological polar surface area (TPSA) is 38.1 Å². The zero-order valence-corrected chi connectivity index (χ0v) is 13.6. The predicted octanol–water partition coefficient (Wildman–Crippen LogP) is 4.20. The second-order valence-corrected chi connectivity index (χ2v) is 8.39. The van der Waals surface area contributed by atoms with E-state index in [1.807, 2.05) is 6.20 Å². The van der Waals surface area contributed by atoms with E-state index in [1.165, 1.54) is 44.3 Å². The van der Waals surface area contributed by atoms with Crippen molar-refractivity contribution in [2.75, 3.05) is 6.54 Å². The molecule has 116 valence electrons. The summed E-state index contributed by atoms with van der Waals surface area (Å²) in [7, 11) is 0. The Hall–Kier alpha value is -0.830. The smallest absolute Gasteiger partial charge is 0.211 e. The molecule has 0 aliphatic heterocycles. The molecule has 5 rings (SSSR count). The number of nitrogens with one attached hydrogen (secondary N) is 1. The van der Waals surface area contributed by atoms with E-state index in [-0.39, 0.29) is 6.04 Å². The second-order valence-electron chi connectivity index (χ2n) is 8.39. The largest absolute Gasteiger partial charge is 0.443 e. The summed E-state index contributed by atoms with van der Waals surface area (Å²) >= 11 is 0. The van der Waals surface area contributed by atoms with Gasteiger partial charge in [-0.25, -0.2) is 4.98 Å². The van der Waals surface area contributed by atoms with Gasteiger partial charge < -0.3 is 9.73 Å². The maximum Gasteiger partial charge on any atom is 0.211 e. The van der Waals surface area contributed by atoms with Crippen molar-refractivity contribution in [3.63, 3.8) is 0 Å². The molecule has 3 atom stereocenters.